The highest BCUT2D eigenvalue weighted by atomic mass is 16.1. The molecule has 1 heterocycles. The van der Waals surface area contributed by atoms with Gasteiger partial charge in [-0.3, -0.25) is 14.8 Å². The van der Waals surface area contributed by atoms with Gasteiger partial charge in [-0.05, 0) is 74.1 Å². The number of nitrogens with zero attached hydrogens (tertiary/aromatic N) is 3. The Labute approximate surface area is 197 Å². The lowest BCUT2D eigenvalue weighted by atomic mass is 10.0. The van der Waals surface area contributed by atoms with Crippen molar-refractivity contribution < 1.29 is 4.79 Å². The van der Waals surface area contributed by atoms with E-state index in [1.807, 2.05) is 62.0 Å². The van der Waals surface area contributed by atoms with Gasteiger partial charge < -0.3 is 5.32 Å². The lowest BCUT2D eigenvalue weighted by molar-refractivity contribution is 0.0977. The lowest BCUT2D eigenvalue weighted by Crippen LogP contribution is -2.36. The molecule has 0 radical (unpaired) electrons. The molecule has 0 spiro atoms. The van der Waals surface area contributed by atoms with E-state index in [2.05, 4.69) is 48.6 Å². The van der Waals surface area contributed by atoms with Crippen molar-refractivity contribution in [1.29, 1.82) is 0 Å². The predicted molar refractivity (Wildman–Crippen MR) is 136 cm³/mol. The lowest BCUT2D eigenvalue weighted by Gasteiger charge is -2.13. The van der Waals surface area contributed by atoms with E-state index in [1.165, 1.54) is 5.56 Å². The van der Waals surface area contributed by atoms with Crippen LogP contribution in [0.3, 0.4) is 0 Å². The van der Waals surface area contributed by atoms with Gasteiger partial charge in [-0.2, -0.15) is 5.10 Å². The highest BCUT2D eigenvalue weighted by molar-refractivity contribution is 6.10. The van der Waals surface area contributed by atoms with E-state index in [4.69, 9.17) is 4.99 Å². The summed E-state index contributed by atoms with van der Waals surface area (Å²) in [5.74, 6) is 0.680. The molecule has 0 fully saturated rings. The molecule has 6 heteroatoms. The third kappa shape index (κ3) is 6.54. The second-order valence-electron chi connectivity index (χ2n) is 8.82. The number of hydrogen-bond donors (Lipinski definition) is 2. The van der Waals surface area contributed by atoms with Crippen molar-refractivity contribution in [1.82, 2.24) is 15.1 Å². The number of amides is 1. The summed E-state index contributed by atoms with van der Waals surface area (Å²) in [5.41, 5.74) is 6.97. The molecule has 1 aromatic heterocycles. The first-order valence-electron chi connectivity index (χ1n) is 11.6. The molecule has 0 saturated heterocycles. The third-order valence-corrected chi connectivity index (χ3v) is 5.75. The van der Waals surface area contributed by atoms with E-state index >= 15 is 0 Å². The minimum Gasteiger partial charge on any atom is -0.326 e. The van der Waals surface area contributed by atoms with E-state index in [0.29, 0.717) is 24.0 Å². The zero-order valence-electron chi connectivity index (χ0n) is 20.6. The zero-order chi connectivity index (χ0) is 24.0. The molecule has 0 saturated carbocycles. The molecule has 3 rings (SSSR count). The van der Waals surface area contributed by atoms with Gasteiger partial charge in [0.1, 0.15) is 0 Å². The van der Waals surface area contributed by atoms with Crippen LogP contribution in [0.5, 0.6) is 0 Å². The van der Waals surface area contributed by atoms with Crippen LogP contribution in [0.1, 0.15) is 71.4 Å². The Morgan fingerprint density at radius 3 is 2.42 bits per heavy atom. The van der Waals surface area contributed by atoms with Crippen LogP contribution in [0.4, 0.5) is 5.69 Å². The number of anilines is 1. The second-order valence-corrected chi connectivity index (χ2v) is 8.82. The van der Waals surface area contributed by atoms with Crippen molar-refractivity contribution >= 4 is 17.6 Å². The van der Waals surface area contributed by atoms with E-state index < -0.39 is 0 Å². The monoisotopic (exact) mass is 445 g/mol. The average molecular weight is 446 g/mol. The Hall–Kier alpha value is -3.41. The maximum atomic E-state index is 13.0. The van der Waals surface area contributed by atoms with Crippen molar-refractivity contribution in [3.8, 4) is 0 Å². The first kappa shape index (κ1) is 24.2. The molecular formula is C27H35N5O. The highest BCUT2D eigenvalue weighted by Gasteiger charge is 2.12. The van der Waals surface area contributed by atoms with Crippen molar-refractivity contribution in [3.63, 3.8) is 0 Å². The molecule has 33 heavy (non-hydrogen) atoms. The van der Waals surface area contributed by atoms with Gasteiger partial charge in [0, 0.05) is 29.6 Å². The number of rotatable bonds is 7. The molecule has 3 aromatic rings. The number of hydrogen-bond acceptors (Lipinski definition) is 3. The van der Waals surface area contributed by atoms with E-state index in [0.717, 1.165) is 41.0 Å². The van der Waals surface area contributed by atoms with Crippen LogP contribution in [0.15, 0.2) is 53.7 Å². The molecule has 1 amide bonds. The van der Waals surface area contributed by atoms with Gasteiger partial charge >= 0.3 is 0 Å². The summed E-state index contributed by atoms with van der Waals surface area (Å²) in [4.78, 5) is 17.7. The minimum absolute atomic E-state index is 0.193. The van der Waals surface area contributed by atoms with Gasteiger partial charge in [0.15, 0.2) is 0 Å². The number of benzene rings is 2. The molecule has 0 aliphatic carbocycles. The Morgan fingerprint density at radius 1 is 1.06 bits per heavy atom. The Balaban J connectivity index is 1.83. The summed E-state index contributed by atoms with van der Waals surface area (Å²) in [6.07, 6.45) is 3.05. The molecular weight excluding hydrogens is 410 g/mol. The van der Waals surface area contributed by atoms with Crippen LogP contribution in [-0.2, 0) is 13.1 Å². The summed E-state index contributed by atoms with van der Waals surface area (Å²) in [5, 5.41) is 10.8. The Morgan fingerprint density at radius 2 is 1.79 bits per heavy atom. The Kier molecular flexibility index (Phi) is 8.04. The van der Waals surface area contributed by atoms with Gasteiger partial charge in [0.2, 0.25) is 5.96 Å². The molecule has 2 N–H and O–H groups in total. The number of carbonyl (C=O) groups is 1. The van der Waals surface area contributed by atoms with E-state index in [1.54, 1.807) is 0 Å². The molecule has 0 unspecified atom stereocenters. The van der Waals surface area contributed by atoms with Crippen LogP contribution in [0.2, 0.25) is 0 Å². The van der Waals surface area contributed by atoms with Gasteiger partial charge in [0.25, 0.3) is 5.91 Å². The number of aliphatic imine (C=N–C) groups is 1. The largest absolute Gasteiger partial charge is 0.326 e. The van der Waals surface area contributed by atoms with Gasteiger partial charge in [-0.25, -0.2) is 4.99 Å². The van der Waals surface area contributed by atoms with Crippen LogP contribution in [0, 0.1) is 20.8 Å². The Bertz CT molecular complexity index is 1130. The summed E-state index contributed by atoms with van der Waals surface area (Å²) < 4.78 is 1.95. The maximum Gasteiger partial charge on any atom is 0.257 e. The summed E-state index contributed by atoms with van der Waals surface area (Å²) in [6.45, 7) is 13.8. The van der Waals surface area contributed by atoms with Crippen LogP contribution in [-0.4, -0.2) is 21.6 Å². The van der Waals surface area contributed by atoms with Gasteiger partial charge in [-0.1, -0.05) is 39.0 Å². The fraction of sp³-hybridized carbons (Fsp3) is 0.370. The fourth-order valence-electron chi connectivity index (χ4n) is 3.48. The molecule has 174 valence electrons. The number of aryl methyl sites for hydroxylation is 4. The molecule has 6 nitrogen and oxygen atoms in total. The minimum atomic E-state index is -0.193. The quantitative estimate of drug-likeness (QED) is 0.360. The van der Waals surface area contributed by atoms with Crippen LogP contribution >= 0.6 is 0 Å². The SMILES string of the molecule is CCCn1cc(CN=C(NC(=O)c2ccc(C)c(C)c2)Nc2ccc(C(C)C)cc2)c(C)n1. The van der Waals surface area contributed by atoms with Crippen molar-refractivity contribution in [2.75, 3.05) is 5.32 Å². The number of aromatic nitrogens is 2. The number of guanidine groups is 1. The first-order chi connectivity index (χ1) is 15.8. The third-order valence-electron chi connectivity index (χ3n) is 5.75. The summed E-state index contributed by atoms with van der Waals surface area (Å²) in [7, 11) is 0. The molecule has 0 aliphatic heterocycles. The van der Waals surface area contributed by atoms with Gasteiger partial charge in [0.05, 0.1) is 12.2 Å². The molecule has 2 aromatic carbocycles. The summed E-state index contributed by atoms with van der Waals surface area (Å²) >= 11 is 0. The maximum absolute atomic E-state index is 13.0. The predicted octanol–water partition coefficient (Wildman–Crippen LogP) is 5.74. The molecule has 0 bridgehead atoms. The second kappa shape index (κ2) is 10.9. The summed E-state index contributed by atoms with van der Waals surface area (Å²) in [6, 6.07) is 13.9. The van der Waals surface area contributed by atoms with Crippen molar-refractivity contribution in [3.05, 3.63) is 82.2 Å². The van der Waals surface area contributed by atoms with Crippen LogP contribution < -0.4 is 10.6 Å². The van der Waals surface area contributed by atoms with Gasteiger partial charge in [-0.15, -0.1) is 0 Å². The smallest absolute Gasteiger partial charge is 0.257 e. The number of carbonyl (C=O) groups excluding carboxylic acids is 1. The highest BCUT2D eigenvalue weighted by Crippen LogP contribution is 2.17. The fourth-order valence-corrected chi connectivity index (χ4v) is 3.48. The standard InChI is InChI=1S/C27H35N5O/c1-7-14-32-17-24(21(6)31-32)16-28-27(29-25-12-10-22(11-13-25)18(2)3)30-26(33)23-9-8-19(4)20(5)15-23/h8-13,15,17-18H,7,14,16H2,1-6H3,(H2,28,29,30,33). The number of nitrogens with one attached hydrogen (secondary N) is 2. The van der Waals surface area contributed by atoms with Crippen LogP contribution in [0.25, 0.3) is 0 Å². The first-order valence-corrected chi connectivity index (χ1v) is 11.6. The van der Waals surface area contributed by atoms with E-state index in [9.17, 15) is 4.79 Å². The normalized spacial score (nSPS) is 11.7. The molecule has 0 aliphatic rings. The van der Waals surface area contributed by atoms with Crippen molar-refractivity contribution in [2.24, 2.45) is 4.99 Å². The average Bonchev–Trinajstić information content (AvgIpc) is 3.13. The topological polar surface area (TPSA) is 71.3 Å². The zero-order valence-corrected chi connectivity index (χ0v) is 20.6. The molecule has 0 atom stereocenters. The van der Waals surface area contributed by atoms with Crippen molar-refractivity contribution in [2.45, 2.75) is 67.0 Å². The van der Waals surface area contributed by atoms with E-state index in [-0.39, 0.29) is 5.91 Å².